The molecule has 0 saturated heterocycles. The number of thiophene rings is 2. The Morgan fingerprint density at radius 2 is 0.701 bits per heavy atom. The molecule has 0 radical (unpaired) electrons. The first-order valence-electron chi connectivity index (χ1n) is 40.9. The summed E-state index contributed by atoms with van der Waals surface area (Å²) in [5.41, 5.74) is 30.0. The minimum atomic E-state index is -0.340. The van der Waals surface area contributed by atoms with E-state index < -0.39 is 0 Å². The van der Waals surface area contributed by atoms with E-state index in [4.69, 9.17) is 11.6 Å². The number of rotatable bonds is 5. The number of aromatic nitrogens is 10. The highest BCUT2D eigenvalue weighted by molar-refractivity contribution is 7.16. The van der Waals surface area contributed by atoms with E-state index in [2.05, 4.69) is 150 Å². The summed E-state index contributed by atoms with van der Waals surface area (Å²) >= 11 is 9.43. The normalized spacial score (nSPS) is 22.7. The van der Waals surface area contributed by atoms with Crippen LogP contribution in [0.25, 0.3) is 0 Å². The Bertz CT molecular complexity index is 5890. The van der Waals surface area contributed by atoms with Gasteiger partial charge in [0, 0.05) is 177 Å². The van der Waals surface area contributed by atoms with Gasteiger partial charge in [-0.2, -0.15) is 36.8 Å². The topological polar surface area (TPSA) is 229 Å². The van der Waals surface area contributed by atoms with E-state index in [9.17, 15) is 37.1 Å². The second-order valence-corrected chi connectivity index (χ2v) is 40.7. The SMILES string of the molecule is Cc1[nH]nc2c1C(c1ccc(Cl)s1)C1=C(C2)CC(C)(C)CC1=O.Cc1[nH]nc2c1C(c1ccc(F)cc1)C1=C(C2)CC(C)(C)CC1=O.Cc1[nH]nc2c1C(c1cccc(F)c1)C1=C(C2)CC(C)(C)CC1=O.Cc1[nH]nc2c1C(c1ccccc1F)C1=C(C2)CC(C)(C)CC1=O.Cc1[nH]nc2c1C(c1ccsc1)C1=C(C2)CC(C)(C)CC1=O. The molecule has 0 bridgehead atoms. The molecule has 10 aliphatic rings. The number of aryl methyl sites for hydroxylation is 5. The van der Waals surface area contributed by atoms with Gasteiger partial charge in [-0.15, -0.1) is 11.3 Å². The van der Waals surface area contributed by atoms with Crippen molar-refractivity contribution in [1.82, 2.24) is 51.0 Å². The Hall–Kier alpha value is -9.76. The minimum absolute atomic E-state index is 0.00593. The lowest BCUT2D eigenvalue weighted by atomic mass is 9.65. The average Bonchev–Trinajstić information content (AvgIpc) is 1.73. The molecule has 5 atom stereocenters. The van der Waals surface area contributed by atoms with Gasteiger partial charge in [-0.05, 0) is 175 Å². The van der Waals surface area contributed by atoms with Gasteiger partial charge in [0.1, 0.15) is 17.5 Å². The molecule has 117 heavy (non-hydrogen) atoms. The van der Waals surface area contributed by atoms with Crippen LogP contribution in [0.3, 0.4) is 0 Å². The summed E-state index contributed by atoms with van der Waals surface area (Å²) in [7, 11) is 0. The van der Waals surface area contributed by atoms with Crippen LogP contribution in [0.5, 0.6) is 0 Å². The zero-order valence-electron chi connectivity index (χ0n) is 69.4. The minimum Gasteiger partial charge on any atom is -0.294 e. The van der Waals surface area contributed by atoms with Crippen molar-refractivity contribution in [3.05, 3.63) is 291 Å². The molecule has 21 heteroatoms. The van der Waals surface area contributed by atoms with Crippen molar-refractivity contribution in [1.29, 1.82) is 0 Å². The summed E-state index contributed by atoms with van der Waals surface area (Å²) in [5.74, 6) is -0.215. The molecule has 3 aromatic carbocycles. The smallest absolute Gasteiger partial charge is 0.160 e. The van der Waals surface area contributed by atoms with Crippen LogP contribution < -0.4 is 0 Å². The second kappa shape index (κ2) is 30.6. The predicted molar refractivity (Wildman–Crippen MR) is 452 cm³/mol. The molecule has 20 rings (SSSR count). The Morgan fingerprint density at radius 1 is 0.359 bits per heavy atom. The fourth-order valence-corrected chi connectivity index (χ4v) is 23.1. The van der Waals surface area contributed by atoms with E-state index >= 15 is 0 Å². The molecule has 5 unspecified atom stereocenters. The van der Waals surface area contributed by atoms with Gasteiger partial charge in [-0.1, -0.05) is 151 Å². The number of nitrogens with one attached hydrogen (secondary N) is 5. The molecular formula is C96H102ClF3N10O5S2. The quantitative estimate of drug-likeness (QED) is 0.109. The Kier molecular flexibility index (Phi) is 21.2. The maximum absolute atomic E-state index is 14.6. The van der Waals surface area contributed by atoms with Crippen LogP contribution in [-0.4, -0.2) is 79.9 Å². The number of halogens is 4. The number of carbonyl (C=O) groups is 5. The first-order chi connectivity index (χ1) is 55.4. The zero-order valence-corrected chi connectivity index (χ0v) is 71.8. The van der Waals surface area contributed by atoms with Crippen molar-refractivity contribution in [2.75, 3.05) is 0 Å². The van der Waals surface area contributed by atoms with Gasteiger partial charge in [-0.25, -0.2) is 13.2 Å². The summed E-state index contributed by atoms with van der Waals surface area (Å²) in [6.45, 7) is 31.6. The third kappa shape index (κ3) is 15.6. The number of aromatic amines is 5. The molecule has 15 nitrogen and oxygen atoms in total. The van der Waals surface area contributed by atoms with Crippen molar-refractivity contribution in [2.45, 2.75) is 230 Å². The number of H-pyrrole nitrogens is 5. The number of hydrogen-bond acceptors (Lipinski definition) is 12. The van der Waals surface area contributed by atoms with Gasteiger partial charge in [0.05, 0.1) is 38.7 Å². The highest BCUT2D eigenvalue weighted by Gasteiger charge is 2.49. The molecule has 7 heterocycles. The Morgan fingerprint density at radius 3 is 1.05 bits per heavy atom. The van der Waals surface area contributed by atoms with E-state index in [1.807, 2.05) is 45.9 Å². The molecule has 0 spiro atoms. The van der Waals surface area contributed by atoms with Crippen molar-refractivity contribution >= 4 is 63.2 Å². The summed E-state index contributed by atoms with van der Waals surface area (Å²) < 4.78 is 42.6. The molecule has 10 aromatic rings. The Balaban J connectivity index is 0.000000110. The highest BCUT2D eigenvalue weighted by atomic mass is 35.5. The fourth-order valence-electron chi connectivity index (χ4n) is 21.3. The van der Waals surface area contributed by atoms with Crippen LogP contribution >= 0.6 is 34.3 Å². The standard InChI is InChI=1S/3C20H21FN2O.C18H19ClN2OS.C18H20N2OS/c1-11-17-15(23-22-11)8-13-9-20(2,3)10-16(24)18(13)19(17)12-4-6-14(21)7-5-12;1-11-17-15(23-22-11)8-13-9-20(2,3)10-16(24)18(13)19(17)12-5-4-6-14(21)7-12;1-11-17-15(23-22-11)8-12-9-20(2,3)10-16(24)18(12)19(17)13-6-4-5-7-14(13)21;1-9-15-11(21-20-9)6-10-7-18(2,3)8-12(22)16(10)17(15)13-4-5-14(19)23-13;1-10-15-13(20-19-10)6-12-7-18(2,3)8-14(21)16(12)17(15)11-4-5-22-9-11/h3*4-7,19H,8-10H2,1-3H3,(H,22,23);4-5,17H,6-8H2,1-3H3,(H,20,21);4-5,9,17H,6-8H2,1-3H3,(H,19,20). The molecule has 0 amide bonds. The van der Waals surface area contributed by atoms with Crippen LogP contribution in [0.2, 0.25) is 4.34 Å². The lowest BCUT2D eigenvalue weighted by Crippen LogP contribution is -2.32. The third-order valence-electron chi connectivity index (χ3n) is 25.6. The first-order valence-corrected chi connectivity index (χ1v) is 43.0. The lowest BCUT2D eigenvalue weighted by molar-refractivity contribution is -0.119. The zero-order chi connectivity index (χ0) is 83.0. The number of nitrogens with zero attached hydrogens (tertiary/aromatic N) is 5. The maximum Gasteiger partial charge on any atom is 0.160 e. The van der Waals surface area contributed by atoms with Crippen molar-refractivity contribution in [3.8, 4) is 0 Å². The number of carbonyl (C=O) groups excluding carboxylic acids is 5. The summed E-state index contributed by atoms with van der Waals surface area (Å²) in [5, 5.41) is 42.0. The van der Waals surface area contributed by atoms with Gasteiger partial charge < -0.3 is 0 Å². The van der Waals surface area contributed by atoms with Crippen LogP contribution in [0.15, 0.2) is 157 Å². The molecule has 0 saturated carbocycles. The van der Waals surface area contributed by atoms with Gasteiger partial charge in [0.15, 0.2) is 28.9 Å². The molecule has 7 aromatic heterocycles. The molecule has 0 fully saturated rings. The summed E-state index contributed by atoms with van der Waals surface area (Å²) in [6.07, 6.45) is 11.3. The van der Waals surface area contributed by atoms with Crippen molar-refractivity contribution in [3.63, 3.8) is 0 Å². The van der Waals surface area contributed by atoms with Gasteiger partial charge >= 0.3 is 0 Å². The fraction of sp³-hybridized carbons (Fsp3) is 0.417. The summed E-state index contributed by atoms with van der Waals surface area (Å²) in [4.78, 5) is 65.9. The molecule has 606 valence electrons. The van der Waals surface area contributed by atoms with Crippen LogP contribution in [0, 0.1) is 79.1 Å². The number of hydrogen-bond donors (Lipinski definition) is 5. The van der Waals surface area contributed by atoms with Gasteiger partial charge in [0.2, 0.25) is 0 Å². The van der Waals surface area contributed by atoms with E-state index in [1.165, 1.54) is 63.2 Å². The third-order valence-corrected chi connectivity index (χ3v) is 27.6. The first kappa shape index (κ1) is 81.0. The second-order valence-electron chi connectivity index (χ2n) is 38.2. The largest absolute Gasteiger partial charge is 0.294 e. The molecule has 5 N–H and O–H groups in total. The van der Waals surface area contributed by atoms with Crippen molar-refractivity contribution < 1.29 is 37.1 Å². The van der Waals surface area contributed by atoms with Crippen LogP contribution in [-0.2, 0) is 56.1 Å². The number of benzene rings is 3. The number of allylic oxidation sites excluding steroid dienone is 10. The van der Waals surface area contributed by atoms with Crippen molar-refractivity contribution in [2.24, 2.45) is 27.1 Å². The molecular weight excluding hydrogens is 1530 g/mol. The number of fused-ring (bicyclic) bond motifs is 5. The van der Waals surface area contributed by atoms with Gasteiger partial charge in [0.25, 0.3) is 0 Å². The van der Waals surface area contributed by atoms with Gasteiger partial charge in [-0.3, -0.25) is 49.5 Å². The van der Waals surface area contributed by atoms with E-state index in [-0.39, 0.29) is 97.2 Å². The van der Waals surface area contributed by atoms with Crippen LogP contribution in [0.4, 0.5) is 13.2 Å². The Labute approximate surface area is 694 Å². The average molecular weight is 1630 g/mol. The van der Waals surface area contributed by atoms with E-state index in [0.29, 0.717) is 49.9 Å². The number of Topliss-reactive ketones (excluding diaryl/α,β-unsaturated/α-hetero) is 5. The van der Waals surface area contributed by atoms with E-state index in [0.717, 1.165) is 185 Å². The van der Waals surface area contributed by atoms with E-state index in [1.54, 1.807) is 59.1 Å². The summed E-state index contributed by atoms with van der Waals surface area (Å²) in [6, 6.07) is 26.0. The number of ketones is 5. The van der Waals surface area contributed by atoms with Crippen LogP contribution in [0.1, 0.15) is 275 Å². The maximum atomic E-state index is 14.6. The molecule has 10 aliphatic carbocycles. The monoisotopic (exact) mass is 1630 g/mol. The predicted octanol–water partition coefficient (Wildman–Crippen LogP) is 21.7. The lowest BCUT2D eigenvalue weighted by Gasteiger charge is -2.38. The highest BCUT2D eigenvalue weighted by Crippen LogP contribution is 2.56. The molecule has 0 aliphatic heterocycles.